The van der Waals surface area contributed by atoms with E-state index in [1.165, 1.54) is 31.5 Å². The number of aryl methyl sites for hydroxylation is 1. The number of aromatic nitrogens is 2. The van der Waals surface area contributed by atoms with Crippen molar-refractivity contribution in [2.75, 3.05) is 46.7 Å². The van der Waals surface area contributed by atoms with Gasteiger partial charge in [-0.1, -0.05) is 13.8 Å². The van der Waals surface area contributed by atoms with Crippen LogP contribution in [0.25, 0.3) is 0 Å². The molecule has 0 aromatic carbocycles. The second-order valence-electron chi connectivity index (χ2n) is 15.0. The normalized spacial score (nSPS) is 17.6. The van der Waals surface area contributed by atoms with Crippen LogP contribution in [0, 0.1) is 17.8 Å². The predicted octanol–water partition coefficient (Wildman–Crippen LogP) is -0.541. The van der Waals surface area contributed by atoms with Gasteiger partial charge in [-0.2, -0.15) is 0 Å². The molecule has 330 valence electrons. The van der Waals surface area contributed by atoms with Crippen LogP contribution in [-0.4, -0.2) is 152 Å². The van der Waals surface area contributed by atoms with Gasteiger partial charge in [-0.05, 0) is 45.4 Å². The van der Waals surface area contributed by atoms with Gasteiger partial charge in [0.15, 0.2) is 11.6 Å². The minimum Gasteiger partial charge on any atom is -0.394 e. The Hall–Kier alpha value is -3.46. The summed E-state index contributed by atoms with van der Waals surface area (Å²) in [5.41, 5.74) is 0.459. The Morgan fingerprint density at radius 1 is 0.983 bits per heavy atom. The van der Waals surface area contributed by atoms with Gasteiger partial charge in [0.25, 0.3) is 0 Å². The van der Waals surface area contributed by atoms with E-state index in [1.807, 2.05) is 13.8 Å². The number of aliphatic hydroxyl groups is 3. The number of likely N-dealkylation sites (tertiary alicyclic amines) is 1. The highest BCUT2D eigenvalue weighted by Crippen LogP contribution is 2.39. The number of ketones is 3. The molecule has 3 amide bonds. The van der Waals surface area contributed by atoms with E-state index in [9.17, 15) is 58.4 Å². The van der Waals surface area contributed by atoms with E-state index in [4.69, 9.17) is 9.47 Å². The minimum absolute atomic E-state index is 0.0567. The molecule has 2 rings (SSSR count). The van der Waals surface area contributed by atoms with Crippen molar-refractivity contribution < 1.29 is 72.4 Å². The maximum Gasteiger partial charge on any atom is 0.469 e. The number of phosphoric ester groups is 1. The van der Waals surface area contributed by atoms with Crippen LogP contribution >= 0.6 is 7.82 Å². The maximum atomic E-state index is 14.1. The highest BCUT2D eigenvalue weighted by molar-refractivity contribution is 7.46. The topological polar surface area (TPSA) is 293 Å². The van der Waals surface area contributed by atoms with Crippen LogP contribution in [0.5, 0.6) is 0 Å². The molecule has 1 saturated heterocycles. The van der Waals surface area contributed by atoms with E-state index >= 15 is 0 Å². The van der Waals surface area contributed by atoms with Crippen LogP contribution in [0.15, 0.2) is 12.5 Å². The Balaban J connectivity index is 2.34. The third kappa shape index (κ3) is 17.4. The number of aliphatic hydroxyl groups excluding tert-OH is 3. The molecule has 0 radical (unpaired) electrons. The van der Waals surface area contributed by atoms with Crippen molar-refractivity contribution in [3.8, 4) is 0 Å². The molecule has 21 heteroatoms. The summed E-state index contributed by atoms with van der Waals surface area (Å²) in [5, 5.41) is 34.7. The second-order valence-corrected chi connectivity index (χ2v) is 16.2. The van der Waals surface area contributed by atoms with Gasteiger partial charge in [0, 0.05) is 51.4 Å². The van der Waals surface area contributed by atoms with Gasteiger partial charge >= 0.3 is 7.82 Å². The summed E-state index contributed by atoms with van der Waals surface area (Å²) in [4.78, 5) is 105. The molecule has 0 spiro atoms. The Morgan fingerprint density at radius 2 is 1.67 bits per heavy atom. The predicted molar refractivity (Wildman–Crippen MR) is 206 cm³/mol. The standard InChI is InChI=1S/C37H62N5O15P/c1-23(2)15-30(39-37(51)32-7-6-10-42(32)35(49)9-12-56-14-13-55-5)33(47)17-26(16-27-19-38-22-41(27)11-8-28(46)20-43)36(50)40-31(21-44)34(48)18-29(24(3)45)25(4)57-58(52,53)54/h19,22-23,25-26,28-32,43-44,46H,6-18,20-21H2,1-5H3,(H,39,51)(H,40,50)(H2,52,53,54)/t25-,26-,28+,29-,30+,31+,32+/m1/s1. The summed E-state index contributed by atoms with van der Waals surface area (Å²) >= 11 is 0. The number of nitrogens with one attached hydrogen (secondary N) is 2. The first-order valence-electron chi connectivity index (χ1n) is 19.5. The van der Waals surface area contributed by atoms with Gasteiger partial charge in [0.05, 0.1) is 75.9 Å². The van der Waals surface area contributed by atoms with Gasteiger partial charge in [0.1, 0.15) is 17.9 Å². The molecule has 0 aliphatic carbocycles. The molecule has 58 heavy (non-hydrogen) atoms. The number of hydrogen-bond donors (Lipinski definition) is 7. The smallest absolute Gasteiger partial charge is 0.394 e. The molecule has 0 saturated carbocycles. The number of rotatable bonds is 29. The number of nitrogens with zero attached hydrogens (tertiary/aromatic N) is 3. The van der Waals surface area contributed by atoms with Crippen molar-refractivity contribution in [2.24, 2.45) is 17.8 Å². The molecule has 20 nitrogen and oxygen atoms in total. The molecule has 7 atom stereocenters. The molecule has 7 N–H and O–H groups in total. The first-order chi connectivity index (χ1) is 27.3. The Bertz CT molecular complexity index is 1550. The monoisotopic (exact) mass is 847 g/mol. The van der Waals surface area contributed by atoms with Gasteiger partial charge < -0.3 is 54.7 Å². The molecule has 0 unspecified atom stereocenters. The van der Waals surface area contributed by atoms with Crippen molar-refractivity contribution in [3.63, 3.8) is 0 Å². The molecule has 1 aliphatic rings. The number of carbonyl (C=O) groups excluding carboxylic acids is 6. The fourth-order valence-electron chi connectivity index (χ4n) is 6.70. The summed E-state index contributed by atoms with van der Waals surface area (Å²) in [6, 6.07) is -3.47. The lowest BCUT2D eigenvalue weighted by Gasteiger charge is -2.28. The number of ether oxygens (including phenoxy) is 2. The molecular formula is C37H62N5O15P. The van der Waals surface area contributed by atoms with Crippen LogP contribution in [0.3, 0.4) is 0 Å². The van der Waals surface area contributed by atoms with Crippen molar-refractivity contribution in [1.29, 1.82) is 0 Å². The largest absolute Gasteiger partial charge is 0.469 e. The molecule has 1 aromatic rings. The second kappa shape index (κ2) is 25.2. The molecular weight excluding hydrogens is 785 g/mol. The zero-order valence-corrected chi connectivity index (χ0v) is 34.9. The lowest BCUT2D eigenvalue weighted by Crippen LogP contribution is -2.52. The van der Waals surface area contributed by atoms with Crippen molar-refractivity contribution >= 4 is 42.9 Å². The Labute approximate surface area is 338 Å². The van der Waals surface area contributed by atoms with Gasteiger partial charge in [-0.25, -0.2) is 9.55 Å². The van der Waals surface area contributed by atoms with Crippen LogP contribution < -0.4 is 10.6 Å². The van der Waals surface area contributed by atoms with Crippen LogP contribution in [0.4, 0.5) is 0 Å². The van der Waals surface area contributed by atoms with E-state index in [-0.39, 0.29) is 50.7 Å². The summed E-state index contributed by atoms with van der Waals surface area (Å²) in [6.45, 7) is 5.99. The van der Waals surface area contributed by atoms with Crippen molar-refractivity contribution in [1.82, 2.24) is 25.1 Å². The van der Waals surface area contributed by atoms with E-state index in [1.54, 1.807) is 4.57 Å². The first-order valence-corrected chi connectivity index (χ1v) is 21.0. The number of hydrogen-bond acceptors (Lipinski definition) is 14. The quantitative estimate of drug-likeness (QED) is 0.0394. The lowest BCUT2D eigenvalue weighted by molar-refractivity contribution is -0.140. The van der Waals surface area contributed by atoms with Gasteiger partial charge in [0.2, 0.25) is 17.7 Å². The third-order valence-electron chi connectivity index (χ3n) is 9.87. The molecule has 0 bridgehead atoms. The summed E-state index contributed by atoms with van der Waals surface area (Å²) < 4.78 is 28.0. The zero-order valence-electron chi connectivity index (χ0n) is 34.0. The van der Waals surface area contributed by atoms with E-state index in [0.717, 1.165) is 6.92 Å². The summed E-state index contributed by atoms with van der Waals surface area (Å²) in [6.07, 6.45) is 0.621. The fourth-order valence-corrected chi connectivity index (χ4v) is 7.28. The number of Topliss-reactive ketones (excluding diaryl/α,β-unsaturated/α-hetero) is 3. The van der Waals surface area contributed by atoms with Gasteiger partial charge in [-0.3, -0.25) is 33.3 Å². The van der Waals surface area contributed by atoms with Crippen LogP contribution in [0.2, 0.25) is 0 Å². The van der Waals surface area contributed by atoms with Crippen molar-refractivity contribution in [2.45, 2.75) is 116 Å². The highest BCUT2D eigenvalue weighted by Gasteiger charge is 2.38. The van der Waals surface area contributed by atoms with E-state index in [2.05, 4.69) is 20.1 Å². The number of phosphoric acid groups is 1. The Morgan fingerprint density at radius 3 is 2.28 bits per heavy atom. The minimum atomic E-state index is -5.03. The first kappa shape index (κ1) is 50.7. The van der Waals surface area contributed by atoms with Gasteiger partial charge in [-0.15, -0.1) is 0 Å². The molecule has 1 aliphatic heterocycles. The van der Waals surface area contributed by atoms with Crippen LogP contribution in [-0.2, 0) is 60.3 Å². The zero-order chi connectivity index (χ0) is 43.6. The highest BCUT2D eigenvalue weighted by atomic mass is 31.2. The summed E-state index contributed by atoms with van der Waals surface area (Å²) in [5.74, 6) is -6.23. The average Bonchev–Trinajstić information content (AvgIpc) is 3.83. The lowest BCUT2D eigenvalue weighted by atomic mass is 9.89. The third-order valence-corrected chi connectivity index (χ3v) is 10.5. The maximum absolute atomic E-state index is 14.1. The average molecular weight is 848 g/mol. The number of imidazole rings is 1. The number of carbonyl (C=O) groups is 6. The number of amides is 3. The van der Waals surface area contributed by atoms with E-state index < -0.39 is 105 Å². The molecule has 2 heterocycles. The molecule has 1 aromatic heterocycles. The summed E-state index contributed by atoms with van der Waals surface area (Å²) in [7, 11) is -3.50. The van der Waals surface area contributed by atoms with E-state index in [0.29, 0.717) is 38.3 Å². The SMILES string of the molecule is COCCOCCC(=O)N1CCC[C@H]1C(=O)N[C@@H](CC(C)C)C(=O)C[C@@H](Cc1cncn1CC[C@H](O)CO)C(=O)N[C@@H](CO)C(=O)C[C@H](C(C)=O)[C@@H](C)OP(=O)(O)O. The Kier molecular flexibility index (Phi) is 22.0. The number of methoxy groups -OCH3 is 1. The van der Waals surface area contributed by atoms with Crippen molar-refractivity contribution in [3.05, 3.63) is 18.2 Å². The van der Waals surface area contributed by atoms with Crippen LogP contribution in [0.1, 0.15) is 78.3 Å². The fraction of sp³-hybridized carbons (Fsp3) is 0.757. The molecule has 1 fully saturated rings.